The molecule has 0 N–H and O–H groups in total. The maximum atomic E-state index is 5.48. The highest BCUT2D eigenvalue weighted by molar-refractivity contribution is 6.17. The number of benzene rings is 7. The molecular formula is C42H26N4. The molecule has 0 fully saturated rings. The Bertz CT molecular complexity index is 2790. The number of para-hydroxylation sites is 2. The average Bonchev–Trinajstić information content (AvgIpc) is 3.62. The summed E-state index contributed by atoms with van der Waals surface area (Å²) in [6.45, 7) is 0. The predicted octanol–water partition coefficient (Wildman–Crippen LogP) is 10.6. The summed E-state index contributed by atoms with van der Waals surface area (Å²) in [6, 6.07) is 56.0. The molecule has 10 rings (SSSR count). The number of hydrogen-bond acceptors (Lipinski definition) is 2. The van der Waals surface area contributed by atoms with Crippen LogP contribution in [0.15, 0.2) is 158 Å². The standard InChI is InChI=1S/C42H26N4/c1-3-13-27(14-4-1)41-43-39-35-24-29-16-8-10-18-31(29)26-38(35)45(32-19-5-2-6-20-32)40(39)42(44-41)46-36-22-12-11-21-33(36)34-23-28-15-7-9-17-30(28)25-37(34)46/h1-26H. The molecule has 4 heteroatoms. The molecule has 0 radical (unpaired) electrons. The molecule has 0 aliphatic carbocycles. The van der Waals surface area contributed by atoms with Crippen LogP contribution in [-0.2, 0) is 0 Å². The molecule has 0 saturated carbocycles. The Labute approximate surface area is 264 Å². The third kappa shape index (κ3) is 3.61. The lowest BCUT2D eigenvalue weighted by Crippen LogP contribution is -2.05. The summed E-state index contributed by atoms with van der Waals surface area (Å²) < 4.78 is 4.70. The van der Waals surface area contributed by atoms with Crippen LogP contribution in [0.1, 0.15) is 0 Å². The minimum absolute atomic E-state index is 0.704. The Kier molecular flexibility index (Phi) is 5.25. The third-order valence-corrected chi connectivity index (χ3v) is 9.25. The lowest BCUT2D eigenvalue weighted by molar-refractivity contribution is 1.05. The quantitative estimate of drug-likeness (QED) is 0.206. The van der Waals surface area contributed by atoms with Crippen LogP contribution in [0.25, 0.3) is 88.2 Å². The van der Waals surface area contributed by atoms with Crippen molar-refractivity contribution < 1.29 is 0 Å². The zero-order valence-electron chi connectivity index (χ0n) is 24.8. The molecule has 0 spiro atoms. The first-order valence-corrected chi connectivity index (χ1v) is 15.6. The second-order valence-electron chi connectivity index (χ2n) is 11.9. The molecule has 7 aromatic carbocycles. The van der Waals surface area contributed by atoms with Gasteiger partial charge in [0.25, 0.3) is 0 Å². The summed E-state index contributed by atoms with van der Waals surface area (Å²) in [5, 5.41) is 8.30. The van der Waals surface area contributed by atoms with Gasteiger partial charge < -0.3 is 4.57 Å². The first kappa shape index (κ1) is 25.1. The molecule has 0 amide bonds. The molecule has 0 atom stereocenters. The van der Waals surface area contributed by atoms with E-state index in [-0.39, 0.29) is 0 Å². The predicted molar refractivity (Wildman–Crippen MR) is 191 cm³/mol. The van der Waals surface area contributed by atoms with Gasteiger partial charge in [0.15, 0.2) is 11.6 Å². The lowest BCUT2D eigenvalue weighted by Gasteiger charge is -2.14. The van der Waals surface area contributed by atoms with Gasteiger partial charge >= 0.3 is 0 Å². The molecule has 46 heavy (non-hydrogen) atoms. The maximum Gasteiger partial charge on any atom is 0.166 e. The molecule has 3 heterocycles. The van der Waals surface area contributed by atoms with Gasteiger partial charge in [-0.2, -0.15) is 0 Å². The summed E-state index contributed by atoms with van der Waals surface area (Å²) in [6.07, 6.45) is 0. The lowest BCUT2D eigenvalue weighted by atomic mass is 10.1. The molecule has 0 aliphatic heterocycles. The van der Waals surface area contributed by atoms with E-state index >= 15 is 0 Å². The minimum atomic E-state index is 0.704. The third-order valence-electron chi connectivity index (χ3n) is 9.25. The van der Waals surface area contributed by atoms with Crippen molar-refractivity contribution in [1.29, 1.82) is 0 Å². The number of rotatable bonds is 3. The Hall–Kier alpha value is -6.26. The molecule has 4 nitrogen and oxygen atoms in total. The van der Waals surface area contributed by atoms with E-state index < -0.39 is 0 Å². The number of hydrogen-bond donors (Lipinski definition) is 0. The maximum absolute atomic E-state index is 5.48. The highest BCUT2D eigenvalue weighted by Gasteiger charge is 2.24. The van der Waals surface area contributed by atoms with Crippen LogP contribution in [-0.4, -0.2) is 19.1 Å². The fourth-order valence-electron chi connectivity index (χ4n) is 7.16. The molecule has 10 aromatic rings. The zero-order chi connectivity index (χ0) is 30.2. The SMILES string of the molecule is c1ccc(-c2nc(-n3c4ccccc4c4cc5ccccc5cc43)c3c(n2)c2cc4ccccc4cc2n3-c2ccccc2)cc1. The summed E-state index contributed by atoms with van der Waals surface area (Å²) in [4.78, 5) is 10.8. The van der Waals surface area contributed by atoms with Gasteiger partial charge in [-0.15, -0.1) is 0 Å². The molecule has 0 unspecified atom stereocenters. The van der Waals surface area contributed by atoms with E-state index in [0.717, 1.165) is 50.0 Å². The first-order valence-electron chi connectivity index (χ1n) is 15.6. The highest BCUT2D eigenvalue weighted by atomic mass is 15.1. The van der Waals surface area contributed by atoms with Gasteiger partial charge in [-0.1, -0.05) is 115 Å². The fraction of sp³-hybridized carbons (Fsp3) is 0. The second kappa shape index (κ2) is 9.62. The highest BCUT2D eigenvalue weighted by Crippen LogP contribution is 2.41. The molecular weight excluding hydrogens is 560 g/mol. The van der Waals surface area contributed by atoms with Crippen molar-refractivity contribution in [2.75, 3.05) is 0 Å². The van der Waals surface area contributed by atoms with Crippen molar-refractivity contribution >= 4 is 65.3 Å². The van der Waals surface area contributed by atoms with Crippen molar-refractivity contribution in [3.05, 3.63) is 158 Å². The van der Waals surface area contributed by atoms with Gasteiger partial charge in [-0.25, -0.2) is 9.97 Å². The van der Waals surface area contributed by atoms with Crippen molar-refractivity contribution in [2.45, 2.75) is 0 Å². The van der Waals surface area contributed by atoms with Gasteiger partial charge in [-0.3, -0.25) is 4.57 Å². The van der Waals surface area contributed by atoms with Gasteiger partial charge in [0.1, 0.15) is 11.0 Å². The largest absolute Gasteiger partial charge is 0.305 e. The van der Waals surface area contributed by atoms with Crippen LogP contribution in [0.3, 0.4) is 0 Å². The molecule has 0 aliphatic rings. The summed E-state index contributed by atoms with van der Waals surface area (Å²) >= 11 is 0. The van der Waals surface area contributed by atoms with Crippen molar-refractivity contribution in [2.24, 2.45) is 0 Å². The van der Waals surface area contributed by atoms with E-state index in [9.17, 15) is 0 Å². The van der Waals surface area contributed by atoms with E-state index in [0.29, 0.717) is 5.82 Å². The van der Waals surface area contributed by atoms with Gasteiger partial charge in [0, 0.05) is 27.4 Å². The Morgan fingerprint density at radius 2 is 0.935 bits per heavy atom. The van der Waals surface area contributed by atoms with E-state index in [4.69, 9.17) is 9.97 Å². The van der Waals surface area contributed by atoms with Gasteiger partial charge in [0.05, 0.1) is 16.6 Å². The van der Waals surface area contributed by atoms with Crippen LogP contribution < -0.4 is 0 Å². The smallest absolute Gasteiger partial charge is 0.166 e. The molecule has 214 valence electrons. The van der Waals surface area contributed by atoms with Crippen molar-refractivity contribution in [3.63, 3.8) is 0 Å². The molecule has 0 saturated heterocycles. The number of aromatic nitrogens is 4. The van der Waals surface area contributed by atoms with E-state index in [1.807, 2.05) is 6.07 Å². The van der Waals surface area contributed by atoms with E-state index in [1.165, 1.54) is 32.3 Å². The number of fused-ring (bicyclic) bond motifs is 8. The normalized spacial score (nSPS) is 11.9. The average molecular weight is 587 g/mol. The Balaban J connectivity index is 1.46. The zero-order valence-corrected chi connectivity index (χ0v) is 24.8. The number of nitrogens with zero attached hydrogens (tertiary/aromatic N) is 4. The molecule has 3 aromatic heterocycles. The monoisotopic (exact) mass is 586 g/mol. The van der Waals surface area contributed by atoms with Crippen molar-refractivity contribution in [3.8, 4) is 22.9 Å². The van der Waals surface area contributed by atoms with E-state index in [1.54, 1.807) is 0 Å². The fourth-order valence-corrected chi connectivity index (χ4v) is 7.16. The van der Waals surface area contributed by atoms with Crippen LogP contribution in [0.5, 0.6) is 0 Å². The topological polar surface area (TPSA) is 35.6 Å². The molecule has 0 bridgehead atoms. The van der Waals surface area contributed by atoms with Gasteiger partial charge in [-0.05, 0) is 64.0 Å². The summed E-state index contributed by atoms with van der Waals surface area (Å²) in [7, 11) is 0. The van der Waals surface area contributed by atoms with E-state index in [2.05, 4.69) is 161 Å². The summed E-state index contributed by atoms with van der Waals surface area (Å²) in [5.41, 5.74) is 7.30. The van der Waals surface area contributed by atoms with Crippen LogP contribution in [0, 0.1) is 0 Å². The first-order chi connectivity index (χ1) is 22.8. The second-order valence-corrected chi connectivity index (χ2v) is 11.9. The van der Waals surface area contributed by atoms with Crippen molar-refractivity contribution in [1.82, 2.24) is 19.1 Å². The summed E-state index contributed by atoms with van der Waals surface area (Å²) in [5.74, 6) is 1.56. The van der Waals surface area contributed by atoms with Crippen LogP contribution in [0.4, 0.5) is 0 Å². The Morgan fingerprint density at radius 3 is 1.63 bits per heavy atom. The minimum Gasteiger partial charge on any atom is -0.305 e. The van der Waals surface area contributed by atoms with Gasteiger partial charge in [0.2, 0.25) is 0 Å². The van der Waals surface area contributed by atoms with Crippen LogP contribution in [0.2, 0.25) is 0 Å². The van der Waals surface area contributed by atoms with Crippen LogP contribution >= 0.6 is 0 Å². The Morgan fingerprint density at radius 1 is 0.391 bits per heavy atom.